The highest BCUT2D eigenvalue weighted by atomic mass is 16.5. The van der Waals surface area contributed by atoms with E-state index in [-0.39, 0.29) is 34.1 Å². The number of rotatable bonds is 5. The molecule has 168 valence electrons. The highest BCUT2D eigenvalue weighted by Gasteiger charge is 2.48. The second-order valence-electron chi connectivity index (χ2n) is 7.49. The number of phenolic OH excluding ortho intramolecular Hbond substituents is 1. The van der Waals surface area contributed by atoms with Crippen molar-refractivity contribution in [3.63, 3.8) is 0 Å². The van der Waals surface area contributed by atoms with Crippen LogP contribution >= 0.6 is 0 Å². The highest BCUT2D eigenvalue weighted by molar-refractivity contribution is 6.52. The molecule has 3 aromatic rings. The van der Waals surface area contributed by atoms with Crippen molar-refractivity contribution in [3.8, 4) is 17.2 Å². The minimum atomic E-state index is -1.04. The Morgan fingerprint density at radius 2 is 1.73 bits per heavy atom. The van der Waals surface area contributed by atoms with Gasteiger partial charge in [0, 0.05) is 12.4 Å². The van der Waals surface area contributed by atoms with Gasteiger partial charge in [-0.05, 0) is 48.4 Å². The molecule has 1 aliphatic rings. The fourth-order valence-electron chi connectivity index (χ4n) is 3.98. The first-order valence-corrected chi connectivity index (χ1v) is 10.1. The maximum atomic E-state index is 13.3. The summed E-state index contributed by atoms with van der Waals surface area (Å²) in [4.78, 5) is 31.8. The topological polar surface area (TPSA) is 109 Å². The number of carbonyl (C=O) groups is 2. The number of ketones is 1. The summed E-state index contributed by atoms with van der Waals surface area (Å²) in [5.74, 6) is -1.89. The second kappa shape index (κ2) is 8.66. The smallest absolute Gasteiger partial charge is 0.300 e. The van der Waals surface area contributed by atoms with E-state index in [4.69, 9.17) is 9.47 Å². The van der Waals surface area contributed by atoms with Crippen LogP contribution in [0.3, 0.4) is 0 Å². The molecule has 33 heavy (non-hydrogen) atoms. The van der Waals surface area contributed by atoms with Gasteiger partial charge in [0.05, 0.1) is 31.5 Å². The summed E-state index contributed by atoms with van der Waals surface area (Å²) in [7, 11) is 2.85. The summed E-state index contributed by atoms with van der Waals surface area (Å²) in [6.07, 6.45) is 3.06. The third-order valence-electron chi connectivity index (χ3n) is 5.50. The predicted molar refractivity (Wildman–Crippen MR) is 121 cm³/mol. The SMILES string of the molecule is COc1cccc(OC)c1/C(O)=C1\C(=O)C(=O)N(c2cc(C)ccc2O)C1c1cccnc1. The fourth-order valence-corrected chi connectivity index (χ4v) is 3.98. The Bertz CT molecular complexity index is 1250. The van der Waals surface area contributed by atoms with Gasteiger partial charge in [-0.15, -0.1) is 0 Å². The quantitative estimate of drug-likeness (QED) is 0.349. The third-order valence-corrected chi connectivity index (χ3v) is 5.50. The van der Waals surface area contributed by atoms with Crippen molar-refractivity contribution < 1.29 is 29.3 Å². The van der Waals surface area contributed by atoms with E-state index in [9.17, 15) is 19.8 Å². The number of aromatic nitrogens is 1. The Morgan fingerprint density at radius 1 is 1.03 bits per heavy atom. The van der Waals surface area contributed by atoms with Crippen LogP contribution in [0.25, 0.3) is 5.76 Å². The molecule has 2 aromatic carbocycles. The van der Waals surface area contributed by atoms with Gasteiger partial charge in [-0.25, -0.2) is 0 Å². The Morgan fingerprint density at radius 3 is 2.33 bits per heavy atom. The molecule has 1 unspecified atom stereocenters. The molecule has 1 aromatic heterocycles. The Hall–Kier alpha value is -4.33. The van der Waals surface area contributed by atoms with Crippen LogP contribution in [0.2, 0.25) is 0 Å². The van der Waals surface area contributed by atoms with E-state index in [1.165, 1.54) is 31.4 Å². The largest absolute Gasteiger partial charge is 0.506 e. The van der Waals surface area contributed by atoms with E-state index in [0.29, 0.717) is 5.56 Å². The van der Waals surface area contributed by atoms with Crippen molar-refractivity contribution in [2.24, 2.45) is 0 Å². The first kappa shape index (κ1) is 21.9. The normalized spacial score (nSPS) is 17.3. The molecular formula is C25H22N2O6. The monoisotopic (exact) mass is 446 g/mol. The summed E-state index contributed by atoms with van der Waals surface area (Å²) in [5, 5.41) is 21.9. The number of aromatic hydroxyl groups is 1. The molecule has 2 heterocycles. The molecule has 1 amide bonds. The highest BCUT2D eigenvalue weighted by Crippen LogP contribution is 2.46. The van der Waals surface area contributed by atoms with Crippen LogP contribution in [-0.2, 0) is 9.59 Å². The minimum Gasteiger partial charge on any atom is -0.506 e. The summed E-state index contributed by atoms with van der Waals surface area (Å²) in [6.45, 7) is 1.80. The van der Waals surface area contributed by atoms with Crippen LogP contribution in [0, 0.1) is 6.92 Å². The number of Topliss-reactive ketones (excluding diaryl/α,β-unsaturated/α-hetero) is 1. The number of hydrogen-bond acceptors (Lipinski definition) is 7. The van der Waals surface area contributed by atoms with Gasteiger partial charge in [0.1, 0.15) is 28.6 Å². The van der Waals surface area contributed by atoms with E-state index in [0.717, 1.165) is 5.56 Å². The van der Waals surface area contributed by atoms with E-state index in [2.05, 4.69) is 4.98 Å². The van der Waals surface area contributed by atoms with Gasteiger partial charge in [-0.1, -0.05) is 18.2 Å². The van der Waals surface area contributed by atoms with Crippen molar-refractivity contribution in [3.05, 3.63) is 83.2 Å². The van der Waals surface area contributed by atoms with Crippen molar-refractivity contribution in [2.75, 3.05) is 19.1 Å². The van der Waals surface area contributed by atoms with Crippen LogP contribution in [0.5, 0.6) is 17.2 Å². The number of aliphatic hydroxyl groups is 1. The van der Waals surface area contributed by atoms with Crippen LogP contribution < -0.4 is 14.4 Å². The van der Waals surface area contributed by atoms with E-state index in [1.54, 1.807) is 55.6 Å². The lowest BCUT2D eigenvalue weighted by Gasteiger charge is -2.26. The predicted octanol–water partition coefficient (Wildman–Crippen LogP) is 3.74. The zero-order valence-electron chi connectivity index (χ0n) is 18.3. The average Bonchev–Trinajstić information content (AvgIpc) is 3.10. The van der Waals surface area contributed by atoms with E-state index in [1.807, 2.05) is 0 Å². The molecule has 8 heteroatoms. The minimum absolute atomic E-state index is 0.142. The molecule has 1 fully saturated rings. The van der Waals surface area contributed by atoms with Crippen LogP contribution in [0.1, 0.15) is 22.7 Å². The first-order valence-electron chi connectivity index (χ1n) is 10.1. The number of nitrogens with zero attached hydrogens (tertiary/aromatic N) is 2. The van der Waals surface area contributed by atoms with Gasteiger partial charge in [0.15, 0.2) is 0 Å². The lowest BCUT2D eigenvalue weighted by atomic mass is 9.95. The Labute approximate surface area is 190 Å². The third kappa shape index (κ3) is 3.65. The number of ether oxygens (including phenoxy) is 2. The molecule has 1 atom stereocenters. The average molecular weight is 446 g/mol. The molecule has 8 nitrogen and oxygen atoms in total. The maximum Gasteiger partial charge on any atom is 0.300 e. The number of carbonyl (C=O) groups excluding carboxylic acids is 2. The molecule has 0 spiro atoms. The summed E-state index contributed by atoms with van der Waals surface area (Å²) < 4.78 is 10.8. The Kier molecular flexibility index (Phi) is 5.74. The molecule has 1 saturated heterocycles. The second-order valence-corrected chi connectivity index (χ2v) is 7.49. The number of aliphatic hydroxyl groups excluding tert-OH is 1. The molecule has 0 radical (unpaired) electrons. The van der Waals surface area contributed by atoms with Gasteiger partial charge in [-0.3, -0.25) is 19.5 Å². The van der Waals surface area contributed by atoms with Gasteiger partial charge in [-0.2, -0.15) is 0 Å². The number of methoxy groups -OCH3 is 2. The van der Waals surface area contributed by atoms with Crippen molar-refractivity contribution in [1.82, 2.24) is 4.98 Å². The molecule has 0 bridgehead atoms. The van der Waals surface area contributed by atoms with Crippen LogP contribution in [0.4, 0.5) is 5.69 Å². The Balaban J connectivity index is 2.03. The van der Waals surface area contributed by atoms with E-state index >= 15 is 0 Å². The number of benzene rings is 2. The lowest BCUT2D eigenvalue weighted by molar-refractivity contribution is -0.132. The number of hydrogen-bond donors (Lipinski definition) is 2. The molecule has 1 aliphatic heterocycles. The van der Waals surface area contributed by atoms with Crippen molar-refractivity contribution >= 4 is 23.1 Å². The van der Waals surface area contributed by atoms with Gasteiger partial charge in [0.25, 0.3) is 11.7 Å². The summed E-state index contributed by atoms with van der Waals surface area (Å²) >= 11 is 0. The summed E-state index contributed by atoms with van der Waals surface area (Å²) in [5.41, 5.74) is 1.38. The molecule has 2 N–H and O–H groups in total. The van der Waals surface area contributed by atoms with Gasteiger partial charge in [0.2, 0.25) is 0 Å². The lowest BCUT2D eigenvalue weighted by Crippen LogP contribution is -2.29. The van der Waals surface area contributed by atoms with Crippen molar-refractivity contribution in [2.45, 2.75) is 13.0 Å². The zero-order chi connectivity index (χ0) is 23.7. The number of pyridine rings is 1. The van der Waals surface area contributed by atoms with Gasteiger partial charge < -0.3 is 19.7 Å². The fraction of sp³-hybridized carbons (Fsp3) is 0.160. The molecule has 0 saturated carbocycles. The molecule has 4 rings (SSSR count). The number of amides is 1. The zero-order valence-corrected chi connectivity index (χ0v) is 18.3. The molecule has 0 aliphatic carbocycles. The van der Waals surface area contributed by atoms with Crippen molar-refractivity contribution in [1.29, 1.82) is 0 Å². The number of aryl methyl sites for hydroxylation is 1. The standard InChI is InChI=1S/C25H22N2O6/c1-14-9-10-17(28)16(12-14)27-22(15-6-5-11-26-13-15)21(24(30)25(27)31)23(29)20-18(32-2)7-4-8-19(20)33-3/h4-13,22,28-29H,1-3H3/b23-21+. The van der Waals surface area contributed by atoms with E-state index < -0.39 is 23.5 Å². The first-order chi connectivity index (χ1) is 15.9. The number of phenols is 1. The summed E-state index contributed by atoms with van der Waals surface area (Å²) in [6, 6.07) is 12.0. The molecular weight excluding hydrogens is 424 g/mol. The van der Waals surface area contributed by atoms with Crippen LogP contribution in [0.15, 0.2) is 66.5 Å². The number of anilines is 1. The van der Waals surface area contributed by atoms with Crippen LogP contribution in [-0.4, -0.2) is 41.1 Å². The van der Waals surface area contributed by atoms with Gasteiger partial charge >= 0.3 is 0 Å². The maximum absolute atomic E-state index is 13.3.